The van der Waals surface area contributed by atoms with Gasteiger partial charge in [-0.15, -0.1) is 11.3 Å². The van der Waals surface area contributed by atoms with E-state index >= 15 is 0 Å². The Labute approximate surface area is 116 Å². The monoisotopic (exact) mass is 280 g/mol. The van der Waals surface area contributed by atoms with Crippen LogP contribution in [0, 0.1) is 0 Å². The van der Waals surface area contributed by atoms with E-state index in [0.29, 0.717) is 22.8 Å². The van der Waals surface area contributed by atoms with Crippen LogP contribution in [0.2, 0.25) is 0 Å². The molecule has 4 nitrogen and oxygen atoms in total. The minimum absolute atomic E-state index is 0.520. The van der Waals surface area contributed by atoms with E-state index in [1.165, 1.54) is 11.3 Å². The highest BCUT2D eigenvalue weighted by molar-refractivity contribution is 7.10. The summed E-state index contributed by atoms with van der Waals surface area (Å²) in [4.78, 5) is 0.870. The predicted octanol–water partition coefficient (Wildman–Crippen LogP) is 2.86. The zero-order valence-corrected chi connectivity index (χ0v) is 11.9. The Morgan fingerprint density at radius 3 is 2.11 bits per heavy atom. The van der Waals surface area contributed by atoms with Gasteiger partial charge in [0.05, 0.1) is 21.3 Å². The van der Waals surface area contributed by atoms with Crippen LogP contribution >= 0.6 is 11.3 Å². The van der Waals surface area contributed by atoms with E-state index in [1.54, 1.807) is 33.5 Å². The maximum Gasteiger partial charge on any atom is 0.203 e. The van der Waals surface area contributed by atoms with E-state index < -0.39 is 6.10 Å². The van der Waals surface area contributed by atoms with Crippen molar-refractivity contribution in [3.8, 4) is 17.2 Å². The zero-order valence-electron chi connectivity index (χ0n) is 11.0. The van der Waals surface area contributed by atoms with Gasteiger partial charge in [-0.3, -0.25) is 0 Å². The Morgan fingerprint density at radius 1 is 1.05 bits per heavy atom. The van der Waals surface area contributed by atoms with E-state index in [-0.39, 0.29) is 0 Å². The minimum atomic E-state index is -0.700. The van der Waals surface area contributed by atoms with Crippen molar-refractivity contribution in [2.45, 2.75) is 6.10 Å². The van der Waals surface area contributed by atoms with Gasteiger partial charge in [-0.25, -0.2) is 0 Å². The number of aliphatic hydroxyl groups is 1. The van der Waals surface area contributed by atoms with Gasteiger partial charge in [0.15, 0.2) is 11.5 Å². The van der Waals surface area contributed by atoms with Gasteiger partial charge < -0.3 is 19.3 Å². The molecule has 19 heavy (non-hydrogen) atoms. The number of hydrogen-bond donors (Lipinski definition) is 1. The maximum atomic E-state index is 10.3. The topological polar surface area (TPSA) is 47.9 Å². The van der Waals surface area contributed by atoms with Gasteiger partial charge in [-0.2, -0.15) is 0 Å². The third-order valence-electron chi connectivity index (χ3n) is 2.82. The van der Waals surface area contributed by atoms with Crippen LogP contribution in [0.3, 0.4) is 0 Å². The molecule has 0 fully saturated rings. The molecule has 1 aromatic carbocycles. The first kappa shape index (κ1) is 13.7. The first-order valence-electron chi connectivity index (χ1n) is 5.72. The van der Waals surface area contributed by atoms with Crippen LogP contribution in [0.1, 0.15) is 16.5 Å². The number of rotatable bonds is 5. The average molecular weight is 280 g/mol. The summed E-state index contributed by atoms with van der Waals surface area (Å²) in [7, 11) is 4.66. The highest BCUT2D eigenvalue weighted by atomic mass is 32.1. The minimum Gasteiger partial charge on any atom is -0.493 e. The van der Waals surface area contributed by atoms with E-state index in [2.05, 4.69) is 0 Å². The molecule has 0 radical (unpaired) electrons. The molecule has 1 heterocycles. The predicted molar refractivity (Wildman–Crippen MR) is 74.5 cm³/mol. The van der Waals surface area contributed by atoms with Gasteiger partial charge in [0.25, 0.3) is 0 Å². The van der Waals surface area contributed by atoms with Crippen molar-refractivity contribution in [1.29, 1.82) is 0 Å². The van der Waals surface area contributed by atoms with Crippen molar-refractivity contribution in [3.05, 3.63) is 40.1 Å². The summed E-state index contributed by atoms with van der Waals surface area (Å²) in [5.41, 5.74) is 0.706. The van der Waals surface area contributed by atoms with Crippen LogP contribution in [0.5, 0.6) is 17.2 Å². The molecule has 5 heteroatoms. The van der Waals surface area contributed by atoms with E-state index in [0.717, 1.165) is 4.88 Å². The summed E-state index contributed by atoms with van der Waals surface area (Å²) >= 11 is 1.50. The quantitative estimate of drug-likeness (QED) is 0.915. The summed E-state index contributed by atoms with van der Waals surface area (Å²) in [6.07, 6.45) is -0.700. The Hall–Kier alpha value is -1.72. The molecule has 0 amide bonds. The van der Waals surface area contributed by atoms with Crippen LogP contribution in [0.25, 0.3) is 0 Å². The molecule has 1 atom stereocenters. The molecule has 1 aromatic heterocycles. The molecule has 0 aliphatic carbocycles. The smallest absolute Gasteiger partial charge is 0.203 e. The summed E-state index contributed by atoms with van der Waals surface area (Å²) < 4.78 is 15.8. The normalized spacial score (nSPS) is 12.0. The van der Waals surface area contributed by atoms with Gasteiger partial charge >= 0.3 is 0 Å². The fraction of sp³-hybridized carbons (Fsp3) is 0.286. The van der Waals surface area contributed by atoms with Crippen LogP contribution in [-0.4, -0.2) is 26.4 Å². The van der Waals surface area contributed by atoms with Crippen LogP contribution in [-0.2, 0) is 0 Å². The number of aliphatic hydroxyl groups excluding tert-OH is 1. The first-order chi connectivity index (χ1) is 9.21. The standard InChI is InChI=1S/C14H16O4S/c1-16-10-7-9(8-11(17-2)14(10)18-3)13(15)12-5-4-6-19-12/h4-8,13,15H,1-3H3. The van der Waals surface area contributed by atoms with Crippen LogP contribution in [0.4, 0.5) is 0 Å². The van der Waals surface area contributed by atoms with Crippen molar-refractivity contribution in [1.82, 2.24) is 0 Å². The fourth-order valence-corrected chi connectivity index (χ4v) is 2.61. The SMILES string of the molecule is COc1cc(C(O)c2cccs2)cc(OC)c1OC. The van der Waals surface area contributed by atoms with Crippen molar-refractivity contribution in [2.75, 3.05) is 21.3 Å². The number of methoxy groups -OCH3 is 3. The molecule has 0 saturated carbocycles. The van der Waals surface area contributed by atoms with Crippen molar-refractivity contribution >= 4 is 11.3 Å². The van der Waals surface area contributed by atoms with Crippen molar-refractivity contribution < 1.29 is 19.3 Å². The van der Waals surface area contributed by atoms with Crippen molar-refractivity contribution in [2.24, 2.45) is 0 Å². The highest BCUT2D eigenvalue weighted by Crippen LogP contribution is 2.41. The molecule has 0 aliphatic rings. The van der Waals surface area contributed by atoms with Crippen LogP contribution < -0.4 is 14.2 Å². The Bertz CT molecular complexity index is 511. The van der Waals surface area contributed by atoms with E-state index in [9.17, 15) is 5.11 Å². The average Bonchev–Trinajstić information content (AvgIpc) is 2.98. The largest absolute Gasteiger partial charge is 0.493 e. The molecule has 2 rings (SSSR count). The molecule has 0 spiro atoms. The molecule has 102 valence electrons. The number of ether oxygens (including phenoxy) is 3. The second kappa shape index (κ2) is 5.95. The van der Waals surface area contributed by atoms with Gasteiger partial charge in [0.1, 0.15) is 6.10 Å². The molecule has 2 aromatic rings. The summed E-state index contributed by atoms with van der Waals surface area (Å²) in [6, 6.07) is 7.30. The van der Waals surface area contributed by atoms with E-state index in [4.69, 9.17) is 14.2 Å². The lowest BCUT2D eigenvalue weighted by atomic mass is 10.1. The molecular weight excluding hydrogens is 264 g/mol. The zero-order chi connectivity index (χ0) is 13.8. The Balaban J connectivity index is 2.47. The first-order valence-corrected chi connectivity index (χ1v) is 6.60. The van der Waals surface area contributed by atoms with Gasteiger partial charge in [-0.1, -0.05) is 6.07 Å². The summed E-state index contributed by atoms with van der Waals surface area (Å²) in [5, 5.41) is 12.3. The van der Waals surface area contributed by atoms with E-state index in [1.807, 2.05) is 17.5 Å². The van der Waals surface area contributed by atoms with Gasteiger partial charge in [-0.05, 0) is 29.1 Å². The molecule has 1 N–H and O–H groups in total. The summed E-state index contributed by atoms with van der Waals surface area (Å²) in [6.45, 7) is 0. The Morgan fingerprint density at radius 2 is 1.68 bits per heavy atom. The lowest BCUT2D eigenvalue weighted by Crippen LogP contribution is -2.01. The third kappa shape index (κ3) is 2.67. The number of benzene rings is 1. The lowest BCUT2D eigenvalue weighted by Gasteiger charge is -2.16. The van der Waals surface area contributed by atoms with Gasteiger partial charge in [0.2, 0.25) is 5.75 Å². The maximum absolute atomic E-state index is 10.3. The lowest BCUT2D eigenvalue weighted by molar-refractivity contribution is 0.222. The molecule has 0 aliphatic heterocycles. The summed E-state index contributed by atoms with van der Waals surface area (Å²) in [5.74, 6) is 1.59. The second-order valence-corrected chi connectivity index (χ2v) is 4.86. The Kier molecular flexibility index (Phi) is 4.29. The number of hydrogen-bond acceptors (Lipinski definition) is 5. The fourth-order valence-electron chi connectivity index (χ4n) is 1.87. The van der Waals surface area contributed by atoms with Gasteiger partial charge in [0, 0.05) is 4.88 Å². The molecule has 0 bridgehead atoms. The third-order valence-corrected chi connectivity index (χ3v) is 3.74. The van der Waals surface area contributed by atoms with Crippen LogP contribution in [0.15, 0.2) is 29.6 Å². The molecular formula is C14H16O4S. The number of thiophene rings is 1. The van der Waals surface area contributed by atoms with Crippen molar-refractivity contribution in [3.63, 3.8) is 0 Å². The molecule has 1 unspecified atom stereocenters. The molecule has 0 saturated heterocycles. The second-order valence-electron chi connectivity index (χ2n) is 3.88. The highest BCUT2D eigenvalue weighted by Gasteiger charge is 2.18.